The van der Waals surface area contributed by atoms with Gasteiger partial charge in [0.05, 0.1) is 19.7 Å². The first kappa shape index (κ1) is 16.6. The zero-order valence-electron chi connectivity index (χ0n) is 13.6. The first-order chi connectivity index (χ1) is 10.1. The minimum atomic E-state index is -0.0264. The van der Waals surface area contributed by atoms with Crippen LogP contribution < -0.4 is 15.5 Å². The maximum absolute atomic E-state index is 11.9. The van der Waals surface area contributed by atoms with E-state index in [1.165, 1.54) is 25.8 Å². The highest BCUT2D eigenvalue weighted by molar-refractivity contribution is 5.74. The molecule has 0 aromatic rings. The molecule has 5 heteroatoms. The quantitative estimate of drug-likeness (QED) is 0.695. The molecule has 0 radical (unpaired) electrons. The van der Waals surface area contributed by atoms with Gasteiger partial charge in [0.25, 0.3) is 0 Å². The summed E-state index contributed by atoms with van der Waals surface area (Å²) in [6, 6.07) is 0.343. The first-order valence-electron chi connectivity index (χ1n) is 8.63. The smallest absolute Gasteiger partial charge is 0.315 e. The lowest BCUT2D eigenvalue weighted by Gasteiger charge is -2.31. The van der Waals surface area contributed by atoms with E-state index in [1.54, 1.807) is 4.90 Å². The Bertz CT molecular complexity index is 317. The fraction of sp³-hybridized carbons (Fsp3) is 0.938. The summed E-state index contributed by atoms with van der Waals surface area (Å²) in [4.78, 5) is 13.5. The van der Waals surface area contributed by atoms with Gasteiger partial charge in [-0.2, -0.15) is 0 Å². The van der Waals surface area contributed by atoms with E-state index in [2.05, 4.69) is 24.5 Å². The van der Waals surface area contributed by atoms with Crippen molar-refractivity contribution >= 4 is 6.03 Å². The van der Waals surface area contributed by atoms with Crippen molar-refractivity contribution in [2.75, 3.05) is 32.8 Å². The van der Waals surface area contributed by atoms with Crippen molar-refractivity contribution in [3.63, 3.8) is 0 Å². The monoisotopic (exact) mass is 298 g/mol. The van der Waals surface area contributed by atoms with Crippen LogP contribution in [0.15, 0.2) is 0 Å². The van der Waals surface area contributed by atoms with E-state index < -0.39 is 0 Å². The maximum Gasteiger partial charge on any atom is 0.315 e. The van der Waals surface area contributed by atoms with Gasteiger partial charge < -0.3 is 20.3 Å². The molecule has 2 amide bonds. The molecule has 0 bridgehead atoms. The number of rotatable bonds is 5. The molecule has 0 aromatic heterocycles. The van der Waals surface area contributed by atoms with Crippen LogP contribution in [0.5, 0.6) is 0 Å². The molecular weight excluding hydrogens is 266 g/mol. The Balaban J connectivity index is 1.63. The van der Waals surface area contributed by atoms with Crippen LogP contribution in [0.3, 0.4) is 0 Å². The van der Waals surface area contributed by atoms with Gasteiger partial charge in [-0.3, -0.25) is 0 Å². The molecule has 0 aromatic carbocycles. The van der Waals surface area contributed by atoms with Crippen LogP contribution in [0.25, 0.3) is 0 Å². The summed E-state index contributed by atoms with van der Waals surface area (Å²) in [5, 5.41) is 6.07. The molecule has 2 rings (SSSR count). The summed E-state index contributed by atoms with van der Waals surface area (Å²) < 4.78 is 5.77. The van der Waals surface area contributed by atoms with Gasteiger partial charge in [0.2, 0.25) is 0 Å². The number of nitrogens with one attached hydrogen (secondary N) is 3. The van der Waals surface area contributed by atoms with Crippen LogP contribution in [0.2, 0.25) is 0 Å². The predicted molar refractivity (Wildman–Crippen MR) is 83.5 cm³/mol. The zero-order valence-corrected chi connectivity index (χ0v) is 13.6. The predicted octanol–water partition coefficient (Wildman–Crippen LogP) is 0.558. The minimum absolute atomic E-state index is 0.0264. The third-order valence-corrected chi connectivity index (χ3v) is 4.45. The Hall–Kier alpha value is -0.810. The van der Waals surface area contributed by atoms with Gasteiger partial charge in [-0.05, 0) is 12.8 Å². The average Bonchev–Trinajstić information content (AvgIpc) is 2.46. The Morgan fingerprint density at radius 2 is 2.05 bits per heavy atom. The van der Waals surface area contributed by atoms with Gasteiger partial charge in [0.1, 0.15) is 19.2 Å². The third-order valence-electron chi connectivity index (χ3n) is 4.45. The van der Waals surface area contributed by atoms with E-state index >= 15 is 0 Å². The summed E-state index contributed by atoms with van der Waals surface area (Å²) in [7, 11) is 0. The Morgan fingerprint density at radius 1 is 1.29 bits per heavy atom. The van der Waals surface area contributed by atoms with Crippen molar-refractivity contribution in [3.8, 4) is 0 Å². The van der Waals surface area contributed by atoms with Crippen LogP contribution in [-0.4, -0.2) is 51.0 Å². The highest BCUT2D eigenvalue weighted by Gasteiger charge is 2.25. The van der Waals surface area contributed by atoms with E-state index in [4.69, 9.17) is 4.74 Å². The number of quaternary nitrogens is 1. The molecule has 2 aliphatic rings. The molecule has 1 unspecified atom stereocenters. The molecular formula is C16H32N3O2+. The van der Waals surface area contributed by atoms with Crippen molar-refractivity contribution < 1.29 is 14.4 Å². The van der Waals surface area contributed by atoms with Crippen molar-refractivity contribution in [2.45, 2.75) is 58.1 Å². The second kappa shape index (κ2) is 8.59. The van der Waals surface area contributed by atoms with Crippen molar-refractivity contribution in [2.24, 2.45) is 5.92 Å². The minimum Gasteiger partial charge on any atom is -0.365 e. The SMILES string of the molecule is CC(C)C[NH+]1CCO[C@@H](CNC(=O)NC2CCCCC2)C1. The zero-order chi connectivity index (χ0) is 15.1. The molecule has 0 spiro atoms. The van der Waals surface area contributed by atoms with E-state index in [0.717, 1.165) is 32.5 Å². The van der Waals surface area contributed by atoms with Crippen LogP contribution in [0, 0.1) is 5.92 Å². The molecule has 2 fully saturated rings. The first-order valence-corrected chi connectivity index (χ1v) is 8.63. The number of hydrogen-bond acceptors (Lipinski definition) is 2. The van der Waals surface area contributed by atoms with Crippen LogP contribution >= 0.6 is 0 Å². The molecule has 1 saturated carbocycles. The van der Waals surface area contributed by atoms with Crippen molar-refractivity contribution in [3.05, 3.63) is 0 Å². The van der Waals surface area contributed by atoms with Crippen LogP contribution in [0.1, 0.15) is 46.0 Å². The molecule has 3 N–H and O–H groups in total. The van der Waals surface area contributed by atoms with Crippen LogP contribution in [0.4, 0.5) is 4.79 Å². The Morgan fingerprint density at radius 3 is 2.76 bits per heavy atom. The molecule has 5 nitrogen and oxygen atoms in total. The van der Waals surface area contributed by atoms with E-state index in [9.17, 15) is 4.79 Å². The fourth-order valence-electron chi connectivity index (χ4n) is 3.44. The van der Waals surface area contributed by atoms with Crippen LogP contribution in [-0.2, 0) is 4.74 Å². The lowest BCUT2D eigenvalue weighted by molar-refractivity contribution is -0.914. The van der Waals surface area contributed by atoms with E-state index in [0.29, 0.717) is 18.5 Å². The van der Waals surface area contributed by atoms with Gasteiger partial charge in [0.15, 0.2) is 0 Å². The normalized spacial score (nSPS) is 27.6. The fourth-order valence-corrected chi connectivity index (χ4v) is 3.44. The molecule has 1 saturated heterocycles. The Kier molecular flexibility index (Phi) is 6.77. The summed E-state index contributed by atoms with van der Waals surface area (Å²) in [5.41, 5.74) is 0. The van der Waals surface area contributed by atoms with Crippen molar-refractivity contribution in [1.29, 1.82) is 0 Å². The number of amides is 2. The van der Waals surface area contributed by atoms with Crippen molar-refractivity contribution in [1.82, 2.24) is 10.6 Å². The largest absolute Gasteiger partial charge is 0.365 e. The number of hydrogen-bond donors (Lipinski definition) is 3. The molecule has 122 valence electrons. The van der Waals surface area contributed by atoms with Gasteiger partial charge in [-0.25, -0.2) is 4.79 Å². The Labute approximate surface area is 128 Å². The summed E-state index contributed by atoms with van der Waals surface area (Å²) >= 11 is 0. The van der Waals surface area contributed by atoms with Gasteiger partial charge in [-0.1, -0.05) is 33.1 Å². The number of carbonyl (C=O) groups excluding carboxylic acids is 1. The van der Waals surface area contributed by atoms with E-state index in [1.807, 2.05) is 0 Å². The topological polar surface area (TPSA) is 54.8 Å². The average molecular weight is 298 g/mol. The van der Waals surface area contributed by atoms with Gasteiger partial charge in [0, 0.05) is 12.0 Å². The molecule has 1 aliphatic heterocycles. The molecule has 1 aliphatic carbocycles. The second-order valence-electron chi connectivity index (χ2n) is 6.98. The molecule has 1 heterocycles. The number of morpholine rings is 1. The summed E-state index contributed by atoms with van der Waals surface area (Å²) in [5.74, 6) is 0.710. The number of ether oxygens (including phenoxy) is 1. The lowest BCUT2D eigenvalue weighted by atomic mass is 9.96. The van der Waals surface area contributed by atoms with E-state index in [-0.39, 0.29) is 12.1 Å². The van der Waals surface area contributed by atoms with Gasteiger partial charge >= 0.3 is 6.03 Å². The standard InChI is InChI=1S/C16H31N3O2/c1-13(2)11-19-8-9-21-15(12-19)10-17-16(20)18-14-6-4-3-5-7-14/h13-15H,3-12H2,1-2H3,(H2,17,18,20)/p+1/t15-/m0/s1. The number of urea groups is 1. The molecule has 2 atom stereocenters. The highest BCUT2D eigenvalue weighted by atomic mass is 16.5. The number of carbonyl (C=O) groups is 1. The second-order valence-corrected chi connectivity index (χ2v) is 6.98. The summed E-state index contributed by atoms with van der Waals surface area (Å²) in [6.45, 7) is 9.22. The third kappa shape index (κ3) is 6.22. The molecule has 21 heavy (non-hydrogen) atoms. The van der Waals surface area contributed by atoms with Gasteiger partial charge in [-0.15, -0.1) is 0 Å². The lowest BCUT2D eigenvalue weighted by Crippen LogP contribution is -3.15. The summed E-state index contributed by atoms with van der Waals surface area (Å²) in [6.07, 6.45) is 6.20. The highest BCUT2D eigenvalue weighted by Crippen LogP contribution is 2.17. The maximum atomic E-state index is 11.9.